The molecule has 1 N–H and O–H groups in total. The number of nitrogens with zero attached hydrogens (tertiary/aromatic N) is 2. The molecule has 24 heavy (non-hydrogen) atoms. The summed E-state index contributed by atoms with van der Waals surface area (Å²) in [6.07, 6.45) is 1.23. The van der Waals surface area contributed by atoms with Crippen molar-refractivity contribution in [1.82, 2.24) is 15.3 Å². The molecule has 1 aromatic heterocycles. The van der Waals surface area contributed by atoms with Crippen LogP contribution >= 0.6 is 0 Å². The summed E-state index contributed by atoms with van der Waals surface area (Å²) in [4.78, 5) is 20.8. The van der Waals surface area contributed by atoms with Gasteiger partial charge in [-0.2, -0.15) is 0 Å². The van der Waals surface area contributed by atoms with Crippen molar-refractivity contribution in [3.8, 4) is 17.0 Å². The fraction of sp³-hybridized carbons (Fsp3) is 0.211. The number of amides is 1. The number of para-hydroxylation sites is 2. The van der Waals surface area contributed by atoms with Crippen molar-refractivity contribution < 1.29 is 9.53 Å². The Hall–Kier alpha value is -2.95. The maximum absolute atomic E-state index is 11.7. The smallest absolute Gasteiger partial charge is 0.260 e. The molecule has 0 bridgehead atoms. The highest BCUT2D eigenvalue weighted by Crippen LogP contribution is 2.22. The van der Waals surface area contributed by atoms with Gasteiger partial charge in [-0.05, 0) is 50.2 Å². The lowest BCUT2D eigenvalue weighted by Gasteiger charge is -2.14. The van der Waals surface area contributed by atoms with Gasteiger partial charge in [-0.15, -0.1) is 0 Å². The van der Waals surface area contributed by atoms with Gasteiger partial charge in [0.25, 0.3) is 5.91 Å². The lowest BCUT2D eigenvalue weighted by molar-refractivity contribution is -0.127. The number of ether oxygens (including phenoxy) is 1. The minimum Gasteiger partial charge on any atom is -0.481 e. The van der Waals surface area contributed by atoms with Gasteiger partial charge < -0.3 is 10.1 Å². The zero-order valence-electron chi connectivity index (χ0n) is 13.7. The molecule has 3 rings (SSSR count). The highest BCUT2D eigenvalue weighted by atomic mass is 16.5. The number of fused-ring (bicyclic) bond motifs is 1. The highest BCUT2D eigenvalue weighted by Gasteiger charge is 2.13. The van der Waals surface area contributed by atoms with Crippen LogP contribution in [0.1, 0.15) is 13.8 Å². The van der Waals surface area contributed by atoms with E-state index in [1.54, 1.807) is 13.1 Å². The van der Waals surface area contributed by atoms with Crippen LogP contribution in [0.25, 0.3) is 22.3 Å². The average Bonchev–Trinajstić information content (AvgIpc) is 2.62. The first kappa shape index (κ1) is 15.9. The van der Waals surface area contributed by atoms with Gasteiger partial charge in [0.05, 0.1) is 22.9 Å². The highest BCUT2D eigenvalue weighted by molar-refractivity contribution is 5.80. The van der Waals surface area contributed by atoms with Crippen molar-refractivity contribution in [3.63, 3.8) is 0 Å². The van der Waals surface area contributed by atoms with Crippen LogP contribution in [0.5, 0.6) is 5.75 Å². The Kier molecular flexibility index (Phi) is 4.70. The van der Waals surface area contributed by atoms with E-state index in [4.69, 9.17) is 4.74 Å². The number of benzene rings is 2. The molecule has 0 aliphatic carbocycles. The number of hydrogen-bond donors (Lipinski definition) is 1. The fourth-order valence-corrected chi connectivity index (χ4v) is 2.38. The van der Waals surface area contributed by atoms with Gasteiger partial charge in [0.2, 0.25) is 0 Å². The van der Waals surface area contributed by atoms with Gasteiger partial charge in [-0.3, -0.25) is 9.78 Å². The first-order chi connectivity index (χ1) is 11.7. The van der Waals surface area contributed by atoms with E-state index in [-0.39, 0.29) is 5.91 Å². The minimum atomic E-state index is -0.531. The molecule has 0 aliphatic heterocycles. The van der Waals surface area contributed by atoms with E-state index in [9.17, 15) is 4.79 Å². The zero-order valence-corrected chi connectivity index (χ0v) is 13.7. The Morgan fingerprint density at radius 1 is 1.12 bits per heavy atom. The zero-order chi connectivity index (χ0) is 16.9. The van der Waals surface area contributed by atoms with Crippen LogP contribution in [0.15, 0.2) is 54.7 Å². The van der Waals surface area contributed by atoms with Gasteiger partial charge in [0.1, 0.15) is 5.75 Å². The minimum absolute atomic E-state index is 0.123. The molecule has 0 saturated heterocycles. The molecular formula is C19H19N3O2. The van der Waals surface area contributed by atoms with E-state index in [1.165, 1.54) is 0 Å². The third-order valence-electron chi connectivity index (χ3n) is 3.63. The molecule has 2 aromatic carbocycles. The van der Waals surface area contributed by atoms with Gasteiger partial charge in [-0.1, -0.05) is 12.1 Å². The van der Waals surface area contributed by atoms with Crippen molar-refractivity contribution in [2.75, 3.05) is 6.54 Å². The number of nitrogens with one attached hydrogen (secondary N) is 1. The van der Waals surface area contributed by atoms with Crippen molar-refractivity contribution in [3.05, 3.63) is 54.7 Å². The normalized spacial score (nSPS) is 11.9. The molecule has 0 saturated carbocycles. The Morgan fingerprint density at radius 3 is 2.54 bits per heavy atom. The predicted molar refractivity (Wildman–Crippen MR) is 93.7 cm³/mol. The second kappa shape index (κ2) is 7.08. The predicted octanol–water partition coefficient (Wildman–Crippen LogP) is 3.20. The van der Waals surface area contributed by atoms with Crippen LogP contribution in [0.4, 0.5) is 0 Å². The SMILES string of the molecule is CCNC(=O)C(C)Oc1ccc(-c2cnc3ccccc3n2)cc1. The molecule has 1 heterocycles. The lowest BCUT2D eigenvalue weighted by Crippen LogP contribution is -2.36. The van der Waals surface area contributed by atoms with Gasteiger partial charge >= 0.3 is 0 Å². The number of carbonyl (C=O) groups is 1. The largest absolute Gasteiger partial charge is 0.481 e. The topological polar surface area (TPSA) is 64.1 Å². The Labute approximate surface area is 140 Å². The first-order valence-electron chi connectivity index (χ1n) is 7.94. The standard InChI is InChI=1S/C19H19N3O2/c1-3-20-19(23)13(2)24-15-10-8-14(9-11-15)18-12-21-16-6-4-5-7-17(16)22-18/h4-13H,3H2,1-2H3,(H,20,23). The molecule has 0 aliphatic rings. The summed E-state index contributed by atoms with van der Waals surface area (Å²) in [6, 6.07) is 15.3. The summed E-state index contributed by atoms with van der Waals surface area (Å²) in [5.74, 6) is 0.522. The van der Waals surface area contributed by atoms with E-state index in [0.717, 1.165) is 22.3 Å². The van der Waals surface area contributed by atoms with Crippen LogP contribution in [0.2, 0.25) is 0 Å². The molecule has 3 aromatic rings. The summed E-state index contributed by atoms with van der Waals surface area (Å²) >= 11 is 0. The second-order valence-corrected chi connectivity index (χ2v) is 5.42. The molecule has 1 amide bonds. The second-order valence-electron chi connectivity index (χ2n) is 5.42. The van der Waals surface area contributed by atoms with E-state index in [1.807, 2.05) is 55.5 Å². The molecule has 0 radical (unpaired) electrons. The number of likely N-dealkylation sites (N-methyl/N-ethyl adjacent to an activating group) is 1. The molecule has 1 atom stereocenters. The molecular weight excluding hydrogens is 302 g/mol. The van der Waals surface area contributed by atoms with Gasteiger partial charge in [-0.25, -0.2) is 4.98 Å². The van der Waals surface area contributed by atoms with Crippen LogP contribution in [0.3, 0.4) is 0 Å². The number of carbonyl (C=O) groups excluding carboxylic acids is 1. The summed E-state index contributed by atoms with van der Waals surface area (Å²) in [6.45, 7) is 4.20. The summed E-state index contributed by atoms with van der Waals surface area (Å²) < 4.78 is 5.64. The van der Waals surface area contributed by atoms with Crippen molar-refractivity contribution in [1.29, 1.82) is 0 Å². The number of hydrogen-bond acceptors (Lipinski definition) is 4. The molecule has 122 valence electrons. The van der Waals surface area contributed by atoms with E-state index in [0.29, 0.717) is 12.3 Å². The molecule has 0 spiro atoms. The lowest BCUT2D eigenvalue weighted by atomic mass is 10.1. The van der Waals surface area contributed by atoms with Gasteiger partial charge in [0.15, 0.2) is 6.10 Å². The number of aromatic nitrogens is 2. The number of rotatable bonds is 5. The van der Waals surface area contributed by atoms with Crippen LogP contribution in [0, 0.1) is 0 Å². The average molecular weight is 321 g/mol. The molecule has 1 unspecified atom stereocenters. The third-order valence-corrected chi connectivity index (χ3v) is 3.63. The summed E-state index contributed by atoms with van der Waals surface area (Å²) in [5.41, 5.74) is 3.49. The van der Waals surface area contributed by atoms with Crippen LogP contribution in [-0.2, 0) is 4.79 Å². The Balaban J connectivity index is 1.77. The maximum atomic E-state index is 11.7. The quantitative estimate of drug-likeness (QED) is 0.784. The van der Waals surface area contributed by atoms with E-state index >= 15 is 0 Å². The molecule has 5 heteroatoms. The first-order valence-corrected chi connectivity index (χ1v) is 7.94. The van der Waals surface area contributed by atoms with Crippen LogP contribution < -0.4 is 10.1 Å². The fourth-order valence-electron chi connectivity index (χ4n) is 2.38. The van der Waals surface area contributed by atoms with E-state index in [2.05, 4.69) is 15.3 Å². The van der Waals surface area contributed by atoms with E-state index < -0.39 is 6.10 Å². The molecule has 0 fully saturated rings. The Morgan fingerprint density at radius 2 is 1.83 bits per heavy atom. The Bertz CT molecular complexity index is 847. The summed E-state index contributed by atoms with van der Waals surface area (Å²) in [7, 11) is 0. The van der Waals surface area contributed by atoms with Crippen LogP contribution in [-0.4, -0.2) is 28.5 Å². The summed E-state index contributed by atoms with van der Waals surface area (Å²) in [5, 5.41) is 2.74. The van der Waals surface area contributed by atoms with Crippen molar-refractivity contribution in [2.24, 2.45) is 0 Å². The monoisotopic (exact) mass is 321 g/mol. The maximum Gasteiger partial charge on any atom is 0.260 e. The van der Waals surface area contributed by atoms with Crippen molar-refractivity contribution >= 4 is 16.9 Å². The molecule has 5 nitrogen and oxygen atoms in total. The third kappa shape index (κ3) is 3.51. The van der Waals surface area contributed by atoms with Crippen molar-refractivity contribution in [2.45, 2.75) is 20.0 Å². The van der Waals surface area contributed by atoms with Gasteiger partial charge in [0, 0.05) is 12.1 Å².